The number of nitrogens with two attached hydrogens (primary N) is 1. The molecule has 1 aromatic carbocycles. The number of hydrogen-bond acceptors (Lipinski definition) is 4. The number of nitrogen functional groups attached to an aromatic ring is 1. The van der Waals surface area contributed by atoms with Crippen molar-refractivity contribution in [2.75, 3.05) is 12.8 Å². The number of ether oxygens (including phenoxy) is 2. The lowest BCUT2D eigenvalue weighted by Crippen LogP contribution is -1.97. The Labute approximate surface area is 100 Å². The van der Waals surface area contributed by atoms with Gasteiger partial charge in [0, 0.05) is 18.0 Å². The van der Waals surface area contributed by atoms with Crippen LogP contribution < -0.4 is 15.2 Å². The highest BCUT2D eigenvalue weighted by Crippen LogP contribution is 2.18. The van der Waals surface area contributed by atoms with Crippen LogP contribution in [0.1, 0.15) is 5.56 Å². The first-order valence-corrected chi connectivity index (χ1v) is 5.24. The molecule has 0 radical (unpaired) electrons. The number of benzene rings is 1. The highest BCUT2D eigenvalue weighted by atomic mass is 16.5. The summed E-state index contributed by atoms with van der Waals surface area (Å²) in [7, 11) is 1.63. The summed E-state index contributed by atoms with van der Waals surface area (Å²) in [6.45, 7) is 0.449. The molecule has 0 fully saturated rings. The summed E-state index contributed by atoms with van der Waals surface area (Å²) in [5.74, 6) is 1.59. The van der Waals surface area contributed by atoms with Crippen LogP contribution in [0.15, 0.2) is 42.7 Å². The van der Waals surface area contributed by atoms with Crippen molar-refractivity contribution in [3.8, 4) is 11.5 Å². The molecule has 0 unspecified atom stereocenters. The Morgan fingerprint density at radius 2 is 1.82 bits per heavy atom. The maximum absolute atomic E-state index is 5.63. The first kappa shape index (κ1) is 11.3. The molecule has 2 rings (SSSR count). The van der Waals surface area contributed by atoms with Crippen molar-refractivity contribution >= 4 is 5.69 Å². The monoisotopic (exact) mass is 230 g/mol. The van der Waals surface area contributed by atoms with Crippen molar-refractivity contribution in [3.63, 3.8) is 0 Å². The van der Waals surface area contributed by atoms with E-state index >= 15 is 0 Å². The SMILES string of the molecule is COc1ccc(OCc2cncc(N)c2)cc1. The third kappa shape index (κ3) is 3.11. The van der Waals surface area contributed by atoms with E-state index in [1.54, 1.807) is 19.5 Å². The van der Waals surface area contributed by atoms with Crippen LogP contribution in [0.3, 0.4) is 0 Å². The van der Waals surface area contributed by atoms with Gasteiger partial charge < -0.3 is 15.2 Å². The fourth-order valence-corrected chi connectivity index (χ4v) is 1.43. The summed E-state index contributed by atoms with van der Waals surface area (Å²) in [4.78, 5) is 4.00. The summed E-state index contributed by atoms with van der Waals surface area (Å²) in [6.07, 6.45) is 3.34. The summed E-state index contributed by atoms with van der Waals surface area (Å²) < 4.78 is 10.7. The molecule has 88 valence electrons. The number of aromatic nitrogens is 1. The molecule has 2 aromatic rings. The van der Waals surface area contributed by atoms with Crippen LogP contribution in [-0.2, 0) is 6.61 Å². The van der Waals surface area contributed by atoms with Crippen molar-refractivity contribution in [1.29, 1.82) is 0 Å². The number of nitrogens with zero attached hydrogens (tertiary/aromatic N) is 1. The second kappa shape index (κ2) is 5.21. The Balaban J connectivity index is 1.97. The molecule has 0 saturated heterocycles. The van der Waals surface area contributed by atoms with Crippen LogP contribution in [0.4, 0.5) is 5.69 Å². The van der Waals surface area contributed by atoms with Gasteiger partial charge >= 0.3 is 0 Å². The van der Waals surface area contributed by atoms with Crippen molar-refractivity contribution < 1.29 is 9.47 Å². The van der Waals surface area contributed by atoms with Gasteiger partial charge in [-0.05, 0) is 30.3 Å². The molecular weight excluding hydrogens is 216 g/mol. The first-order valence-electron chi connectivity index (χ1n) is 5.24. The Hall–Kier alpha value is -2.23. The van der Waals surface area contributed by atoms with E-state index in [0.29, 0.717) is 12.3 Å². The fourth-order valence-electron chi connectivity index (χ4n) is 1.43. The number of methoxy groups -OCH3 is 1. The van der Waals surface area contributed by atoms with Gasteiger partial charge in [-0.3, -0.25) is 4.98 Å². The van der Waals surface area contributed by atoms with E-state index in [1.165, 1.54) is 0 Å². The minimum Gasteiger partial charge on any atom is -0.497 e. The lowest BCUT2D eigenvalue weighted by Gasteiger charge is -2.07. The molecule has 0 aliphatic carbocycles. The highest BCUT2D eigenvalue weighted by molar-refractivity contribution is 5.37. The average Bonchev–Trinajstić information content (AvgIpc) is 2.37. The lowest BCUT2D eigenvalue weighted by molar-refractivity contribution is 0.305. The van der Waals surface area contributed by atoms with E-state index in [1.807, 2.05) is 30.3 Å². The van der Waals surface area contributed by atoms with Crippen molar-refractivity contribution in [2.45, 2.75) is 6.61 Å². The Morgan fingerprint density at radius 1 is 1.12 bits per heavy atom. The van der Waals surface area contributed by atoms with Crippen LogP contribution >= 0.6 is 0 Å². The third-order valence-electron chi connectivity index (χ3n) is 2.28. The molecule has 0 amide bonds. The quantitative estimate of drug-likeness (QED) is 0.875. The molecule has 0 atom stereocenters. The van der Waals surface area contributed by atoms with Gasteiger partial charge in [0.05, 0.1) is 12.8 Å². The van der Waals surface area contributed by atoms with Gasteiger partial charge in [0.15, 0.2) is 0 Å². The summed E-state index contributed by atoms with van der Waals surface area (Å²) in [6, 6.07) is 9.27. The van der Waals surface area contributed by atoms with Gasteiger partial charge in [-0.15, -0.1) is 0 Å². The zero-order valence-corrected chi connectivity index (χ0v) is 9.59. The zero-order chi connectivity index (χ0) is 12.1. The standard InChI is InChI=1S/C13H14N2O2/c1-16-12-2-4-13(5-3-12)17-9-10-6-11(14)8-15-7-10/h2-8H,9,14H2,1H3. The minimum atomic E-state index is 0.449. The summed E-state index contributed by atoms with van der Waals surface area (Å²) in [5.41, 5.74) is 7.22. The lowest BCUT2D eigenvalue weighted by atomic mass is 10.3. The first-order chi connectivity index (χ1) is 8.28. The second-order valence-corrected chi connectivity index (χ2v) is 3.59. The topological polar surface area (TPSA) is 57.4 Å². The molecule has 2 N–H and O–H groups in total. The van der Waals surface area contributed by atoms with Gasteiger partial charge in [-0.2, -0.15) is 0 Å². The van der Waals surface area contributed by atoms with Crippen LogP contribution in [0.2, 0.25) is 0 Å². The van der Waals surface area contributed by atoms with E-state index in [-0.39, 0.29) is 0 Å². The summed E-state index contributed by atoms with van der Waals surface area (Å²) >= 11 is 0. The number of pyridine rings is 1. The highest BCUT2D eigenvalue weighted by Gasteiger charge is 1.98. The van der Waals surface area contributed by atoms with Crippen LogP contribution in [0.5, 0.6) is 11.5 Å². The molecular formula is C13H14N2O2. The number of rotatable bonds is 4. The maximum atomic E-state index is 5.63. The predicted molar refractivity (Wildman–Crippen MR) is 66.0 cm³/mol. The molecule has 4 heteroatoms. The van der Waals surface area contributed by atoms with E-state index in [0.717, 1.165) is 17.1 Å². The van der Waals surface area contributed by atoms with Crippen LogP contribution in [0, 0.1) is 0 Å². The van der Waals surface area contributed by atoms with E-state index in [9.17, 15) is 0 Å². The normalized spacial score (nSPS) is 9.94. The Bertz CT molecular complexity index is 483. The Kier molecular flexibility index (Phi) is 3.45. The Morgan fingerprint density at radius 3 is 2.47 bits per heavy atom. The van der Waals surface area contributed by atoms with Crippen LogP contribution in [0.25, 0.3) is 0 Å². The van der Waals surface area contributed by atoms with Crippen LogP contribution in [-0.4, -0.2) is 12.1 Å². The van der Waals surface area contributed by atoms with Gasteiger partial charge in [-0.1, -0.05) is 0 Å². The molecule has 0 saturated carbocycles. The second-order valence-electron chi connectivity index (χ2n) is 3.59. The largest absolute Gasteiger partial charge is 0.497 e. The molecule has 0 aliphatic rings. The van der Waals surface area contributed by atoms with Gasteiger partial charge in [0.1, 0.15) is 18.1 Å². The van der Waals surface area contributed by atoms with E-state index in [2.05, 4.69) is 4.98 Å². The molecule has 1 aromatic heterocycles. The molecule has 4 nitrogen and oxygen atoms in total. The van der Waals surface area contributed by atoms with Gasteiger partial charge in [-0.25, -0.2) is 0 Å². The third-order valence-corrected chi connectivity index (χ3v) is 2.28. The molecule has 0 bridgehead atoms. The molecule has 1 heterocycles. The van der Waals surface area contributed by atoms with Gasteiger partial charge in [0.2, 0.25) is 0 Å². The smallest absolute Gasteiger partial charge is 0.120 e. The van der Waals surface area contributed by atoms with Crippen molar-refractivity contribution in [3.05, 3.63) is 48.3 Å². The average molecular weight is 230 g/mol. The summed E-state index contributed by atoms with van der Waals surface area (Å²) in [5, 5.41) is 0. The van der Waals surface area contributed by atoms with Crippen molar-refractivity contribution in [1.82, 2.24) is 4.98 Å². The maximum Gasteiger partial charge on any atom is 0.120 e. The van der Waals surface area contributed by atoms with Crippen molar-refractivity contribution in [2.24, 2.45) is 0 Å². The zero-order valence-electron chi connectivity index (χ0n) is 9.59. The van der Waals surface area contributed by atoms with E-state index in [4.69, 9.17) is 15.2 Å². The number of anilines is 1. The number of hydrogen-bond donors (Lipinski definition) is 1. The van der Waals surface area contributed by atoms with Gasteiger partial charge in [0.25, 0.3) is 0 Å². The molecule has 17 heavy (non-hydrogen) atoms. The molecule has 0 spiro atoms. The minimum absolute atomic E-state index is 0.449. The fraction of sp³-hybridized carbons (Fsp3) is 0.154. The van der Waals surface area contributed by atoms with E-state index < -0.39 is 0 Å². The predicted octanol–water partition coefficient (Wildman–Crippen LogP) is 2.25. The molecule has 0 aliphatic heterocycles.